The molecule has 0 radical (unpaired) electrons. The van der Waals surface area contributed by atoms with E-state index in [4.69, 9.17) is 0 Å². The van der Waals surface area contributed by atoms with Crippen LogP contribution in [0.5, 0.6) is 0 Å². The molecule has 0 aliphatic carbocycles. The molecule has 0 heterocycles. The molecule has 0 saturated carbocycles. The molecule has 0 unspecified atom stereocenters. The van der Waals surface area contributed by atoms with E-state index >= 15 is 0 Å². The zero-order valence-corrected chi connectivity index (χ0v) is 27.7. The van der Waals surface area contributed by atoms with Gasteiger partial charge in [0.2, 0.25) is 0 Å². The van der Waals surface area contributed by atoms with Gasteiger partial charge in [-0.05, 0) is 0 Å². The fourth-order valence-corrected chi connectivity index (χ4v) is 4.80. The van der Waals surface area contributed by atoms with E-state index < -0.39 is 14.5 Å². The van der Waals surface area contributed by atoms with Crippen LogP contribution in [0.2, 0.25) is 0 Å². The van der Waals surface area contributed by atoms with E-state index in [2.05, 4.69) is 69.2 Å². The molecule has 2 rings (SSSR count). The first-order valence-corrected chi connectivity index (χ1v) is 14.4. The van der Waals surface area contributed by atoms with Gasteiger partial charge < -0.3 is 34.5 Å². The standard InChI is InChI=1S/2C15H25.2BF4.Fe/c2*1-6-7-8-9-10-15-13(4)11(2)12(3)14(15)5;2*2-1(3,4)5;/h2*6-10H2,1-5H3;;;/q4*-1;+2. The van der Waals surface area contributed by atoms with Crippen molar-refractivity contribution in [2.45, 2.75) is 133 Å². The van der Waals surface area contributed by atoms with E-state index in [0.29, 0.717) is 0 Å². The van der Waals surface area contributed by atoms with E-state index in [1.807, 2.05) is 0 Å². The minimum absolute atomic E-state index is 0. The smallest absolute Gasteiger partial charge is 0.418 e. The fraction of sp³-hybridized carbons (Fsp3) is 0.667. The summed E-state index contributed by atoms with van der Waals surface area (Å²) in [6.07, 6.45) is 13.5. The molecule has 0 fully saturated rings. The van der Waals surface area contributed by atoms with Crippen LogP contribution in [0.4, 0.5) is 34.5 Å². The summed E-state index contributed by atoms with van der Waals surface area (Å²) >= 11 is 0. The molecule has 0 spiro atoms. The van der Waals surface area contributed by atoms with Gasteiger partial charge in [0.05, 0.1) is 0 Å². The summed E-state index contributed by atoms with van der Waals surface area (Å²) in [5.41, 5.74) is 15.5. The van der Waals surface area contributed by atoms with Gasteiger partial charge in [-0.15, -0.1) is 0 Å². The Morgan fingerprint density at radius 1 is 0.463 bits per heavy atom. The summed E-state index contributed by atoms with van der Waals surface area (Å²) in [6.45, 7) is 22.7. The van der Waals surface area contributed by atoms with Gasteiger partial charge in [-0.25, -0.2) is 0 Å². The first-order valence-electron chi connectivity index (χ1n) is 14.4. The van der Waals surface area contributed by atoms with Crippen molar-refractivity contribution in [3.63, 3.8) is 0 Å². The molecule has 0 nitrogen and oxygen atoms in total. The maximum atomic E-state index is 9.75. The maximum Gasteiger partial charge on any atom is 2.00 e. The van der Waals surface area contributed by atoms with Crippen molar-refractivity contribution in [3.05, 3.63) is 55.6 Å². The summed E-state index contributed by atoms with van der Waals surface area (Å²) in [5.74, 6) is 0. The molecule has 41 heavy (non-hydrogen) atoms. The average molecular weight is 640 g/mol. The Morgan fingerprint density at radius 3 is 0.878 bits per heavy atom. The van der Waals surface area contributed by atoms with E-state index in [-0.39, 0.29) is 17.1 Å². The van der Waals surface area contributed by atoms with Gasteiger partial charge in [0.1, 0.15) is 0 Å². The third-order valence-electron chi connectivity index (χ3n) is 7.75. The quantitative estimate of drug-likeness (QED) is 0.105. The van der Waals surface area contributed by atoms with E-state index in [9.17, 15) is 34.5 Å². The molecule has 11 heteroatoms. The van der Waals surface area contributed by atoms with Crippen LogP contribution in [0, 0.1) is 55.4 Å². The van der Waals surface area contributed by atoms with Crippen LogP contribution < -0.4 is 0 Å². The molecular formula is C30H50B2F8Fe-2. The zero-order chi connectivity index (χ0) is 31.8. The Kier molecular flexibility index (Phi) is 23.2. The number of hydrogen-bond acceptors (Lipinski definition) is 0. The predicted octanol–water partition coefficient (Wildman–Crippen LogP) is 12.1. The van der Waals surface area contributed by atoms with Crippen LogP contribution in [-0.2, 0) is 29.9 Å². The summed E-state index contributed by atoms with van der Waals surface area (Å²) in [4.78, 5) is 0. The Balaban J connectivity index is -0.000000523. The number of rotatable bonds is 10. The maximum absolute atomic E-state index is 9.75. The van der Waals surface area contributed by atoms with Crippen molar-refractivity contribution in [1.29, 1.82) is 0 Å². The van der Waals surface area contributed by atoms with Crippen molar-refractivity contribution < 1.29 is 51.6 Å². The topological polar surface area (TPSA) is 0 Å². The van der Waals surface area contributed by atoms with Gasteiger partial charge in [-0.3, -0.25) is 0 Å². The van der Waals surface area contributed by atoms with Crippen molar-refractivity contribution in [3.8, 4) is 0 Å². The molecule has 0 bridgehead atoms. The fourth-order valence-electron chi connectivity index (χ4n) is 4.80. The number of hydrogen-bond donors (Lipinski definition) is 0. The van der Waals surface area contributed by atoms with E-state index in [1.165, 1.54) is 86.5 Å². The summed E-state index contributed by atoms with van der Waals surface area (Å²) in [5, 5.41) is 0. The van der Waals surface area contributed by atoms with Gasteiger partial charge in [0.15, 0.2) is 0 Å². The average Bonchev–Trinajstić information content (AvgIpc) is 3.12. The van der Waals surface area contributed by atoms with Crippen LogP contribution in [0.3, 0.4) is 0 Å². The summed E-state index contributed by atoms with van der Waals surface area (Å²) in [6, 6.07) is 0. The van der Waals surface area contributed by atoms with Gasteiger partial charge in [-0.2, -0.15) is 55.6 Å². The van der Waals surface area contributed by atoms with Crippen LogP contribution in [-0.4, -0.2) is 14.5 Å². The van der Waals surface area contributed by atoms with Gasteiger partial charge in [0.25, 0.3) is 0 Å². The second-order valence-corrected chi connectivity index (χ2v) is 10.6. The zero-order valence-electron chi connectivity index (χ0n) is 26.6. The molecule has 0 N–H and O–H groups in total. The van der Waals surface area contributed by atoms with Gasteiger partial charge in [-0.1, -0.05) is 133 Å². The SMILES string of the molecule is CCCCCCc1c(C)c(C)c(C)[c-]1C.CCCCCCc1c(C)c(C)c(C)[c-]1C.F[B-](F)(F)F.F[B-](F)(F)F.[Fe+2]. The van der Waals surface area contributed by atoms with Crippen LogP contribution >= 0.6 is 0 Å². The molecule has 0 aliphatic heterocycles. The molecule has 0 saturated heterocycles. The Labute approximate surface area is 254 Å². The third kappa shape index (κ3) is 20.4. The molecule has 0 aromatic heterocycles. The van der Waals surface area contributed by atoms with Crippen molar-refractivity contribution >= 4 is 14.5 Å². The predicted molar refractivity (Wildman–Crippen MR) is 158 cm³/mol. The molecule has 0 atom stereocenters. The normalized spacial score (nSPS) is 11.0. The Morgan fingerprint density at radius 2 is 0.707 bits per heavy atom. The molecule has 2 aromatic carbocycles. The molecule has 242 valence electrons. The third-order valence-corrected chi connectivity index (χ3v) is 7.75. The molecular weight excluding hydrogens is 590 g/mol. The van der Waals surface area contributed by atoms with E-state index in [0.717, 1.165) is 0 Å². The van der Waals surface area contributed by atoms with Crippen LogP contribution in [0.25, 0.3) is 0 Å². The summed E-state index contributed by atoms with van der Waals surface area (Å²) in [7, 11) is -12.0. The number of halogens is 8. The molecule has 0 aliphatic rings. The monoisotopic (exact) mass is 640 g/mol. The summed E-state index contributed by atoms with van der Waals surface area (Å²) < 4.78 is 78.0. The van der Waals surface area contributed by atoms with Gasteiger partial charge >= 0.3 is 31.6 Å². The van der Waals surface area contributed by atoms with Crippen molar-refractivity contribution in [2.75, 3.05) is 0 Å². The first kappa shape index (κ1) is 44.2. The number of unbranched alkanes of at least 4 members (excludes halogenated alkanes) is 6. The molecule has 0 amide bonds. The largest absolute Gasteiger partial charge is 2.00 e. The Hall–Kier alpha value is -1.21. The van der Waals surface area contributed by atoms with Crippen molar-refractivity contribution in [1.82, 2.24) is 0 Å². The minimum atomic E-state index is -6.00. The van der Waals surface area contributed by atoms with Crippen LogP contribution in [0.15, 0.2) is 0 Å². The van der Waals surface area contributed by atoms with E-state index in [1.54, 1.807) is 33.4 Å². The minimum Gasteiger partial charge on any atom is -0.418 e. The second-order valence-electron chi connectivity index (χ2n) is 10.6. The first-order chi connectivity index (χ1) is 18.2. The second kappa shape index (κ2) is 21.5. The van der Waals surface area contributed by atoms with Crippen molar-refractivity contribution in [2.24, 2.45) is 0 Å². The Bertz CT molecular complexity index is 832. The van der Waals surface area contributed by atoms with Gasteiger partial charge in [0, 0.05) is 0 Å². The molecule has 2 aromatic rings. The van der Waals surface area contributed by atoms with Crippen LogP contribution in [0.1, 0.15) is 121 Å².